The molecule has 11 nitrogen and oxygen atoms in total. The molecule has 0 heterocycles. The van der Waals surface area contributed by atoms with E-state index in [0.717, 1.165) is 57.8 Å². The lowest BCUT2D eigenvalue weighted by Crippen LogP contribution is -2.34. The zero-order chi connectivity index (χ0) is 41.4. The molecule has 0 aliphatic carbocycles. The Morgan fingerprint density at radius 1 is 0.554 bits per heavy atom. The van der Waals surface area contributed by atoms with E-state index in [2.05, 4.69) is 91.3 Å². The van der Waals surface area contributed by atoms with Crippen LogP contribution in [0.5, 0.6) is 0 Å². The normalized spacial score (nSPS) is 14.6. The molecule has 0 aliphatic heterocycles. The second kappa shape index (κ2) is 38.5. The number of carboxylic acids is 1. The fraction of sp³-hybridized carbons (Fsp3) is 0.614. The van der Waals surface area contributed by atoms with Gasteiger partial charge in [0, 0.05) is 12.8 Å². The summed E-state index contributed by atoms with van der Waals surface area (Å²) >= 11 is 0. The lowest BCUT2D eigenvalue weighted by molar-refractivity contribution is -0.161. The van der Waals surface area contributed by atoms with Gasteiger partial charge in [-0.1, -0.05) is 125 Å². The number of ether oxygens (including phenoxy) is 2. The minimum atomic E-state index is -4.74. The molecule has 1 unspecified atom stereocenters. The number of phosphoric ester groups is 1. The average molecular weight is 806 g/mol. The molecule has 0 aromatic heterocycles. The van der Waals surface area contributed by atoms with Crippen LogP contribution < -0.4 is 5.73 Å². The van der Waals surface area contributed by atoms with Gasteiger partial charge < -0.3 is 25.2 Å². The maximum absolute atomic E-state index is 12.6. The van der Waals surface area contributed by atoms with Gasteiger partial charge >= 0.3 is 25.7 Å². The molecule has 318 valence electrons. The molecule has 3 atom stereocenters. The molecule has 56 heavy (non-hydrogen) atoms. The van der Waals surface area contributed by atoms with Crippen LogP contribution in [-0.2, 0) is 37.5 Å². The maximum atomic E-state index is 12.6. The van der Waals surface area contributed by atoms with Gasteiger partial charge in [0.25, 0.3) is 0 Å². The monoisotopic (exact) mass is 805 g/mol. The van der Waals surface area contributed by atoms with Gasteiger partial charge in [-0.15, -0.1) is 0 Å². The molecule has 0 aromatic carbocycles. The number of rotatable bonds is 37. The molecular formula is C44H72NO10P. The van der Waals surface area contributed by atoms with Crippen molar-refractivity contribution in [1.29, 1.82) is 0 Å². The quantitative estimate of drug-likeness (QED) is 0.0236. The number of unbranched alkanes of at least 4 members (excludes halogenated alkanes) is 9. The lowest BCUT2D eigenvalue weighted by atomic mass is 10.1. The van der Waals surface area contributed by atoms with Crippen molar-refractivity contribution in [3.63, 3.8) is 0 Å². The van der Waals surface area contributed by atoms with Crippen LogP contribution in [0.3, 0.4) is 0 Å². The Hall–Kier alpha value is -3.34. The van der Waals surface area contributed by atoms with Gasteiger partial charge in [0.1, 0.15) is 12.6 Å². The first-order chi connectivity index (χ1) is 27.1. The molecule has 0 bridgehead atoms. The van der Waals surface area contributed by atoms with Gasteiger partial charge in [-0.2, -0.15) is 0 Å². The number of phosphoric acid groups is 1. The van der Waals surface area contributed by atoms with Crippen LogP contribution in [0.2, 0.25) is 0 Å². The Labute approximate surface area is 337 Å². The number of hydrogen-bond donors (Lipinski definition) is 3. The highest BCUT2D eigenvalue weighted by molar-refractivity contribution is 7.47. The molecule has 0 spiro atoms. The van der Waals surface area contributed by atoms with Gasteiger partial charge in [0.2, 0.25) is 0 Å². The zero-order valence-electron chi connectivity index (χ0n) is 34.2. The predicted octanol–water partition coefficient (Wildman–Crippen LogP) is 10.7. The molecule has 12 heteroatoms. The van der Waals surface area contributed by atoms with Gasteiger partial charge in [-0.25, -0.2) is 4.57 Å². The molecule has 0 aliphatic rings. The first-order valence-electron chi connectivity index (χ1n) is 20.6. The van der Waals surface area contributed by atoms with E-state index in [4.69, 9.17) is 24.8 Å². The van der Waals surface area contributed by atoms with Crippen molar-refractivity contribution in [3.05, 3.63) is 85.1 Å². The summed E-state index contributed by atoms with van der Waals surface area (Å²) in [6.07, 6.45) is 46.6. The highest BCUT2D eigenvalue weighted by atomic mass is 31.2. The molecular weight excluding hydrogens is 733 g/mol. The smallest absolute Gasteiger partial charge is 0.472 e. The number of aliphatic carboxylic acids is 1. The van der Waals surface area contributed by atoms with Crippen molar-refractivity contribution in [1.82, 2.24) is 0 Å². The summed E-state index contributed by atoms with van der Waals surface area (Å²) in [5.41, 5.74) is 5.32. The molecule has 0 saturated carbocycles. The van der Waals surface area contributed by atoms with Crippen LogP contribution in [-0.4, -0.2) is 59.9 Å². The van der Waals surface area contributed by atoms with Crippen LogP contribution in [0.4, 0.5) is 0 Å². The number of hydrogen-bond acceptors (Lipinski definition) is 9. The van der Waals surface area contributed by atoms with E-state index < -0.39 is 57.7 Å². The third kappa shape index (κ3) is 37.6. The maximum Gasteiger partial charge on any atom is 0.472 e. The van der Waals surface area contributed by atoms with Crippen LogP contribution in [0.1, 0.15) is 142 Å². The van der Waals surface area contributed by atoms with E-state index >= 15 is 0 Å². The Bertz CT molecular complexity index is 1270. The van der Waals surface area contributed by atoms with Crippen molar-refractivity contribution >= 4 is 25.7 Å². The number of carboxylic acid groups (broad SMARTS) is 1. The summed E-state index contributed by atoms with van der Waals surface area (Å²) in [4.78, 5) is 45.8. The summed E-state index contributed by atoms with van der Waals surface area (Å²) in [6, 6.07) is -1.54. The molecule has 0 radical (unpaired) electrons. The van der Waals surface area contributed by atoms with Crippen LogP contribution in [0.15, 0.2) is 85.1 Å². The molecule has 0 saturated heterocycles. The Morgan fingerprint density at radius 2 is 0.946 bits per heavy atom. The number of carbonyl (C=O) groups excluding carboxylic acids is 2. The third-order valence-electron chi connectivity index (χ3n) is 8.12. The minimum absolute atomic E-state index is 0.0958. The topological polar surface area (TPSA) is 172 Å². The summed E-state index contributed by atoms with van der Waals surface area (Å²) in [6.45, 7) is 2.62. The Kier molecular flexibility index (Phi) is 36.2. The summed E-state index contributed by atoms with van der Waals surface area (Å²) in [7, 11) is -4.74. The number of nitrogens with two attached hydrogens (primary N) is 1. The van der Waals surface area contributed by atoms with Gasteiger partial charge in [-0.3, -0.25) is 23.4 Å². The van der Waals surface area contributed by atoms with E-state index in [1.54, 1.807) is 0 Å². The fourth-order valence-electron chi connectivity index (χ4n) is 4.83. The number of esters is 2. The minimum Gasteiger partial charge on any atom is -0.480 e. The van der Waals surface area contributed by atoms with E-state index in [-0.39, 0.29) is 12.8 Å². The first kappa shape index (κ1) is 52.7. The van der Waals surface area contributed by atoms with E-state index in [1.807, 2.05) is 12.2 Å². The second-order valence-electron chi connectivity index (χ2n) is 13.4. The standard InChI is InChI=1S/C44H72NO10P/c1-3-5-7-9-11-13-15-17-19-20-22-23-25-27-29-31-33-35-42(46)52-37-40(38-53-56(50,51)54-39-41(45)44(48)49)55-43(47)36-34-32-30-28-26-24-21-18-16-14-12-10-8-6-4-2/h11-14,17-19,21-23,26-29,40-41H,3-10,15-16,20,24-25,30-39,45H2,1-2H3,(H,48,49)(H,50,51)/b13-11-,14-12-,19-17-,21-18-,23-22-,28-26-,29-27-/t40-,41+/m1/s1. The third-order valence-corrected chi connectivity index (χ3v) is 9.07. The number of allylic oxidation sites excluding steroid dienone is 14. The molecule has 0 amide bonds. The van der Waals surface area contributed by atoms with Crippen molar-refractivity contribution in [2.45, 2.75) is 154 Å². The van der Waals surface area contributed by atoms with Crippen LogP contribution in [0, 0.1) is 0 Å². The molecule has 0 rings (SSSR count). The van der Waals surface area contributed by atoms with E-state index in [1.165, 1.54) is 38.5 Å². The lowest BCUT2D eigenvalue weighted by Gasteiger charge is -2.20. The second-order valence-corrected chi connectivity index (χ2v) is 14.9. The van der Waals surface area contributed by atoms with E-state index in [9.17, 15) is 23.8 Å². The first-order valence-corrected chi connectivity index (χ1v) is 22.1. The zero-order valence-corrected chi connectivity index (χ0v) is 35.1. The fourth-order valence-corrected chi connectivity index (χ4v) is 5.60. The van der Waals surface area contributed by atoms with Gasteiger partial charge in [-0.05, 0) is 89.9 Å². The van der Waals surface area contributed by atoms with E-state index in [0.29, 0.717) is 19.3 Å². The highest BCUT2D eigenvalue weighted by Gasteiger charge is 2.28. The Morgan fingerprint density at radius 3 is 1.39 bits per heavy atom. The van der Waals surface area contributed by atoms with Crippen LogP contribution in [0.25, 0.3) is 0 Å². The van der Waals surface area contributed by atoms with Gasteiger partial charge in [0.05, 0.1) is 13.2 Å². The van der Waals surface area contributed by atoms with Crippen molar-refractivity contribution in [3.8, 4) is 0 Å². The van der Waals surface area contributed by atoms with Crippen molar-refractivity contribution < 1.29 is 47.5 Å². The van der Waals surface area contributed by atoms with Crippen molar-refractivity contribution in [2.75, 3.05) is 19.8 Å². The Balaban J connectivity index is 4.58. The predicted molar refractivity (Wildman–Crippen MR) is 226 cm³/mol. The largest absolute Gasteiger partial charge is 0.480 e. The van der Waals surface area contributed by atoms with Crippen LogP contribution >= 0.6 is 7.82 Å². The SMILES string of the molecule is CCCCC/C=C\C/C=C\C/C=C\C/C=C\CCCC(=O)OC[C@H](COP(=O)(O)OC[C@H](N)C(=O)O)OC(=O)CCCC/C=C\C/C=C\C/C=C\CCCCC. The molecule has 0 fully saturated rings. The molecule has 4 N–H and O–H groups in total. The van der Waals surface area contributed by atoms with Crippen molar-refractivity contribution in [2.24, 2.45) is 5.73 Å². The highest BCUT2D eigenvalue weighted by Crippen LogP contribution is 2.43. The molecule has 0 aromatic rings. The number of carbonyl (C=O) groups is 3. The summed E-state index contributed by atoms with van der Waals surface area (Å²) in [5, 5.41) is 8.87. The summed E-state index contributed by atoms with van der Waals surface area (Å²) < 4.78 is 32.5. The van der Waals surface area contributed by atoms with Gasteiger partial charge in [0.15, 0.2) is 6.10 Å². The average Bonchev–Trinajstić information content (AvgIpc) is 3.17. The summed E-state index contributed by atoms with van der Waals surface area (Å²) in [5.74, 6) is -2.51.